The molecule has 7 N–H and O–H groups in total. The standard InChI is InChI=1S/C22H22O12/c1-31-12-3-2-8(4-10(12)25)20-16(15-11(26)5-9(24)6-13(15)32-20)21(30)34-22-19(29)18(28)17(27)14(7-23)33-22/h2-6,14,17-19,22-29H,7H2,1H3/t14-,17-,18+,19-,22+/m1/s1. The summed E-state index contributed by atoms with van der Waals surface area (Å²) in [4.78, 5) is 13.2. The summed E-state index contributed by atoms with van der Waals surface area (Å²) in [5, 5.41) is 69.7. The van der Waals surface area contributed by atoms with E-state index in [9.17, 15) is 40.5 Å². The number of rotatable bonds is 5. The molecule has 2 aromatic carbocycles. The summed E-state index contributed by atoms with van der Waals surface area (Å²) < 4.78 is 21.1. The van der Waals surface area contributed by atoms with Gasteiger partial charge in [-0.25, -0.2) is 4.79 Å². The number of carbonyl (C=O) groups excluding carboxylic acids is 1. The predicted octanol–water partition coefficient (Wildman–Crippen LogP) is 0.182. The Morgan fingerprint density at radius 1 is 1.00 bits per heavy atom. The number of aliphatic hydroxyl groups excluding tert-OH is 4. The third kappa shape index (κ3) is 3.97. The molecule has 0 amide bonds. The van der Waals surface area contributed by atoms with Crippen molar-refractivity contribution in [2.45, 2.75) is 30.7 Å². The summed E-state index contributed by atoms with van der Waals surface area (Å²) in [5.41, 5.74) is -0.258. The molecule has 2 heterocycles. The van der Waals surface area contributed by atoms with E-state index in [0.29, 0.717) is 0 Å². The van der Waals surface area contributed by atoms with Gasteiger partial charge in [0.25, 0.3) is 0 Å². The lowest BCUT2D eigenvalue weighted by atomic mass is 9.99. The number of hydrogen-bond donors (Lipinski definition) is 7. The van der Waals surface area contributed by atoms with Gasteiger partial charge in [-0.2, -0.15) is 0 Å². The summed E-state index contributed by atoms with van der Waals surface area (Å²) in [6, 6.07) is 6.21. The van der Waals surface area contributed by atoms with Gasteiger partial charge in [0.2, 0.25) is 6.29 Å². The molecule has 0 spiro atoms. The molecule has 182 valence electrons. The highest BCUT2D eigenvalue weighted by Crippen LogP contribution is 2.42. The van der Waals surface area contributed by atoms with Crippen LogP contribution >= 0.6 is 0 Å². The first-order chi connectivity index (χ1) is 16.2. The summed E-state index contributed by atoms with van der Waals surface area (Å²) in [5.74, 6) is -2.34. The van der Waals surface area contributed by atoms with E-state index >= 15 is 0 Å². The fraction of sp³-hybridized carbons (Fsp3) is 0.318. The van der Waals surface area contributed by atoms with E-state index in [1.165, 1.54) is 25.3 Å². The zero-order chi connectivity index (χ0) is 24.7. The molecule has 1 fully saturated rings. The van der Waals surface area contributed by atoms with Crippen LogP contribution in [0.4, 0.5) is 0 Å². The first-order valence-electron chi connectivity index (χ1n) is 10.0. The van der Waals surface area contributed by atoms with E-state index in [2.05, 4.69) is 0 Å². The maximum Gasteiger partial charge on any atom is 0.345 e. The Kier molecular flexibility index (Phi) is 6.25. The largest absolute Gasteiger partial charge is 0.508 e. The van der Waals surface area contributed by atoms with Crippen LogP contribution in [0.25, 0.3) is 22.3 Å². The number of fused-ring (bicyclic) bond motifs is 1. The molecule has 4 rings (SSSR count). The topological polar surface area (TPSA) is 200 Å². The maximum absolute atomic E-state index is 13.2. The van der Waals surface area contributed by atoms with E-state index in [-0.39, 0.29) is 45.1 Å². The minimum absolute atomic E-state index is 0.0939. The molecule has 1 aliphatic heterocycles. The van der Waals surface area contributed by atoms with Gasteiger partial charge in [-0.1, -0.05) is 0 Å². The average molecular weight is 478 g/mol. The highest BCUT2D eigenvalue weighted by molar-refractivity contribution is 6.11. The molecule has 0 saturated carbocycles. The van der Waals surface area contributed by atoms with Crippen molar-refractivity contribution in [2.75, 3.05) is 13.7 Å². The normalized spacial score (nSPS) is 24.8. The smallest absolute Gasteiger partial charge is 0.345 e. The summed E-state index contributed by atoms with van der Waals surface area (Å²) in [7, 11) is 1.35. The van der Waals surface area contributed by atoms with Crippen LogP contribution in [-0.4, -0.2) is 86.1 Å². The molecule has 1 aliphatic rings. The van der Waals surface area contributed by atoms with Crippen molar-refractivity contribution in [1.29, 1.82) is 0 Å². The number of methoxy groups -OCH3 is 1. The summed E-state index contributed by atoms with van der Waals surface area (Å²) in [6.45, 7) is -0.732. The van der Waals surface area contributed by atoms with Gasteiger partial charge >= 0.3 is 5.97 Å². The zero-order valence-electron chi connectivity index (χ0n) is 17.7. The Morgan fingerprint density at radius 2 is 1.74 bits per heavy atom. The van der Waals surface area contributed by atoms with Crippen LogP contribution in [0.3, 0.4) is 0 Å². The van der Waals surface area contributed by atoms with Crippen LogP contribution in [0.2, 0.25) is 0 Å². The molecule has 5 atom stereocenters. The molecule has 12 heteroatoms. The van der Waals surface area contributed by atoms with E-state index in [0.717, 1.165) is 12.1 Å². The van der Waals surface area contributed by atoms with E-state index in [1.807, 2.05) is 0 Å². The van der Waals surface area contributed by atoms with Crippen molar-refractivity contribution < 1.29 is 59.2 Å². The van der Waals surface area contributed by atoms with Crippen LogP contribution in [0, 0.1) is 0 Å². The van der Waals surface area contributed by atoms with Gasteiger partial charge in [-0.15, -0.1) is 0 Å². The molecule has 1 aromatic heterocycles. The molecule has 0 bridgehead atoms. The summed E-state index contributed by atoms with van der Waals surface area (Å²) in [6.07, 6.45) is -8.40. The van der Waals surface area contributed by atoms with Crippen molar-refractivity contribution in [3.63, 3.8) is 0 Å². The van der Waals surface area contributed by atoms with Gasteiger partial charge in [-0.05, 0) is 18.2 Å². The van der Waals surface area contributed by atoms with Crippen LogP contribution in [0.1, 0.15) is 10.4 Å². The second-order valence-corrected chi connectivity index (χ2v) is 7.63. The lowest BCUT2D eigenvalue weighted by Crippen LogP contribution is -2.59. The van der Waals surface area contributed by atoms with Gasteiger partial charge < -0.3 is 54.4 Å². The second-order valence-electron chi connectivity index (χ2n) is 7.63. The number of phenols is 3. The van der Waals surface area contributed by atoms with Crippen LogP contribution in [0.15, 0.2) is 34.7 Å². The lowest BCUT2D eigenvalue weighted by molar-refractivity contribution is -0.285. The first kappa shape index (κ1) is 23.6. The van der Waals surface area contributed by atoms with Crippen LogP contribution in [-0.2, 0) is 9.47 Å². The van der Waals surface area contributed by atoms with Crippen LogP contribution < -0.4 is 4.74 Å². The van der Waals surface area contributed by atoms with Crippen LogP contribution in [0.5, 0.6) is 23.0 Å². The fourth-order valence-corrected chi connectivity index (χ4v) is 3.75. The Hall–Kier alpha value is -3.55. The number of furan rings is 1. The Balaban J connectivity index is 1.80. The van der Waals surface area contributed by atoms with Gasteiger partial charge in [0.1, 0.15) is 52.8 Å². The van der Waals surface area contributed by atoms with Crippen molar-refractivity contribution in [3.8, 4) is 34.3 Å². The third-order valence-electron chi connectivity index (χ3n) is 5.47. The monoisotopic (exact) mass is 478 g/mol. The number of aliphatic hydroxyl groups is 4. The minimum Gasteiger partial charge on any atom is -0.508 e. The van der Waals surface area contributed by atoms with Gasteiger partial charge in [0.15, 0.2) is 11.5 Å². The van der Waals surface area contributed by atoms with Crippen molar-refractivity contribution >= 4 is 16.9 Å². The maximum atomic E-state index is 13.2. The highest BCUT2D eigenvalue weighted by atomic mass is 16.7. The minimum atomic E-state index is -1.86. The number of carbonyl (C=O) groups is 1. The van der Waals surface area contributed by atoms with E-state index < -0.39 is 49.0 Å². The number of benzene rings is 2. The van der Waals surface area contributed by atoms with Crippen molar-refractivity contribution in [2.24, 2.45) is 0 Å². The van der Waals surface area contributed by atoms with Gasteiger partial charge in [-0.3, -0.25) is 0 Å². The average Bonchev–Trinajstić information content (AvgIpc) is 3.19. The lowest BCUT2D eigenvalue weighted by Gasteiger charge is -2.39. The molecule has 1 saturated heterocycles. The molecule has 34 heavy (non-hydrogen) atoms. The SMILES string of the molecule is COc1ccc(-c2oc3cc(O)cc(O)c3c2C(=O)O[C@@H]2O[C@H](CO)[C@@H](O)[C@H](O)[C@H]2O)cc1O. The summed E-state index contributed by atoms with van der Waals surface area (Å²) >= 11 is 0. The molecule has 0 aliphatic carbocycles. The predicted molar refractivity (Wildman–Crippen MR) is 112 cm³/mol. The number of esters is 1. The Morgan fingerprint density at radius 3 is 2.38 bits per heavy atom. The molecule has 0 unspecified atom stereocenters. The Labute approximate surface area is 191 Å². The van der Waals surface area contributed by atoms with Gasteiger partial charge in [0.05, 0.1) is 19.1 Å². The number of phenolic OH excluding ortho intramolecular Hbond substituents is 3. The number of hydrogen-bond acceptors (Lipinski definition) is 12. The molecule has 0 radical (unpaired) electrons. The molecule has 3 aromatic rings. The van der Waals surface area contributed by atoms with E-state index in [4.69, 9.17) is 18.6 Å². The molecule has 12 nitrogen and oxygen atoms in total. The number of aromatic hydroxyl groups is 3. The molecular formula is C22H22O12. The van der Waals surface area contributed by atoms with E-state index in [1.54, 1.807) is 0 Å². The third-order valence-corrected chi connectivity index (χ3v) is 5.47. The first-order valence-corrected chi connectivity index (χ1v) is 10.0. The van der Waals surface area contributed by atoms with Gasteiger partial charge in [0, 0.05) is 17.7 Å². The Bertz CT molecular complexity index is 1220. The number of ether oxygens (including phenoxy) is 3. The van der Waals surface area contributed by atoms with Crippen molar-refractivity contribution in [1.82, 2.24) is 0 Å². The fourth-order valence-electron chi connectivity index (χ4n) is 3.75. The quantitative estimate of drug-likeness (QED) is 0.246. The van der Waals surface area contributed by atoms with Crippen molar-refractivity contribution in [3.05, 3.63) is 35.9 Å². The zero-order valence-corrected chi connectivity index (χ0v) is 17.7. The molecular weight excluding hydrogens is 456 g/mol. The highest BCUT2D eigenvalue weighted by Gasteiger charge is 2.46. The second kappa shape index (κ2) is 9.00.